The van der Waals surface area contributed by atoms with Gasteiger partial charge in [0.1, 0.15) is 0 Å². The van der Waals surface area contributed by atoms with Crippen molar-refractivity contribution in [2.75, 3.05) is 11.9 Å². The minimum Gasteiger partial charge on any atom is -0.455 e. The van der Waals surface area contributed by atoms with E-state index in [1.807, 2.05) is 54.6 Å². The maximum Gasteiger partial charge on any atom is 0.316 e. The number of nitrogens with one attached hydrogen (secondary N) is 1. The molecule has 4 nitrogen and oxygen atoms in total. The summed E-state index contributed by atoms with van der Waals surface area (Å²) in [7, 11) is 0. The molecule has 0 aromatic heterocycles. The van der Waals surface area contributed by atoms with Crippen LogP contribution >= 0.6 is 0 Å². The zero-order valence-corrected chi connectivity index (χ0v) is 14.3. The minimum atomic E-state index is -0.801. The molecule has 0 atom stereocenters. The number of aryl methyl sites for hydroxylation is 1. The number of anilines is 1. The first-order valence-electron chi connectivity index (χ1n) is 8.05. The standard InChI is InChI=1S/C20H23NO3/c1-4-15-10-12-17(13-11-15)21-18(22)14-24-19(23)20(2,3)16-8-6-5-7-9-16/h5-13H,4,14H2,1-3H3,(H,21,22). The maximum atomic E-state index is 12.3. The van der Waals surface area contributed by atoms with Crippen LogP contribution in [0.2, 0.25) is 0 Å². The number of benzene rings is 2. The zero-order valence-electron chi connectivity index (χ0n) is 14.3. The Morgan fingerprint density at radius 2 is 1.62 bits per heavy atom. The molecule has 0 radical (unpaired) electrons. The van der Waals surface area contributed by atoms with Crippen LogP contribution in [0.15, 0.2) is 54.6 Å². The molecule has 0 spiro atoms. The molecule has 24 heavy (non-hydrogen) atoms. The Hall–Kier alpha value is -2.62. The van der Waals surface area contributed by atoms with Crippen molar-refractivity contribution in [2.24, 2.45) is 0 Å². The predicted molar refractivity (Wildman–Crippen MR) is 94.9 cm³/mol. The van der Waals surface area contributed by atoms with Crippen molar-refractivity contribution in [3.8, 4) is 0 Å². The fourth-order valence-electron chi connectivity index (χ4n) is 2.31. The summed E-state index contributed by atoms with van der Waals surface area (Å²) >= 11 is 0. The molecule has 0 aliphatic rings. The van der Waals surface area contributed by atoms with E-state index in [1.54, 1.807) is 13.8 Å². The molecular weight excluding hydrogens is 302 g/mol. The Kier molecular flexibility index (Phi) is 5.74. The van der Waals surface area contributed by atoms with Gasteiger partial charge in [-0.2, -0.15) is 0 Å². The second-order valence-electron chi connectivity index (χ2n) is 6.17. The quantitative estimate of drug-likeness (QED) is 0.824. The van der Waals surface area contributed by atoms with Crippen molar-refractivity contribution in [3.05, 3.63) is 65.7 Å². The third-order valence-corrected chi connectivity index (χ3v) is 3.99. The smallest absolute Gasteiger partial charge is 0.316 e. The molecule has 0 aliphatic heterocycles. The van der Waals surface area contributed by atoms with Crippen LogP contribution < -0.4 is 5.32 Å². The van der Waals surface area contributed by atoms with Gasteiger partial charge in [-0.1, -0.05) is 49.4 Å². The molecule has 1 N–H and O–H groups in total. The number of hydrogen-bond donors (Lipinski definition) is 1. The Balaban J connectivity index is 1.89. The summed E-state index contributed by atoms with van der Waals surface area (Å²) in [5.41, 5.74) is 1.94. The van der Waals surface area contributed by atoms with E-state index in [0.717, 1.165) is 12.0 Å². The van der Waals surface area contributed by atoms with Gasteiger partial charge in [0.15, 0.2) is 6.61 Å². The van der Waals surface area contributed by atoms with Gasteiger partial charge >= 0.3 is 5.97 Å². The first-order chi connectivity index (χ1) is 11.4. The van der Waals surface area contributed by atoms with E-state index in [-0.39, 0.29) is 12.5 Å². The second-order valence-corrected chi connectivity index (χ2v) is 6.17. The van der Waals surface area contributed by atoms with Crippen molar-refractivity contribution in [1.29, 1.82) is 0 Å². The van der Waals surface area contributed by atoms with E-state index in [0.29, 0.717) is 5.69 Å². The van der Waals surface area contributed by atoms with Crippen LogP contribution in [0, 0.1) is 0 Å². The lowest BCUT2D eigenvalue weighted by Gasteiger charge is -2.22. The summed E-state index contributed by atoms with van der Waals surface area (Å²) in [6, 6.07) is 17.0. The fourth-order valence-corrected chi connectivity index (χ4v) is 2.31. The normalized spacial score (nSPS) is 11.0. The third-order valence-electron chi connectivity index (χ3n) is 3.99. The monoisotopic (exact) mass is 325 g/mol. The van der Waals surface area contributed by atoms with Crippen LogP contribution in [0.4, 0.5) is 5.69 Å². The van der Waals surface area contributed by atoms with Crippen LogP contribution in [0.25, 0.3) is 0 Å². The minimum absolute atomic E-state index is 0.301. The third kappa shape index (κ3) is 4.44. The average Bonchev–Trinajstić information content (AvgIpc) is 2.61. The van der Waals surface area contributed by atoms with E-state index in [9.17, 15) is 9.59 Å². The molecule has 0 unspecified atom stereocenters. The second kappa shape index (κ2) is 7.77. The Morgan fingerprint density at radius 3 is 2.21 bits per heavy atom. The van der Waals surface area contributed by atoms with Gasteiger partial charge < -0.3 is 10.1 Å². The van der Waals surface area contributed by atoms with Gasteiger partial charge in [0.05, 0.1) is 5.41 Å². The fraction of sp³-hybridized carbons (Fsp3) is 0.300. The van der Waals surface area contributed by atoms with Gasteiger partial charge in [0.2, 0.25) is 0 Å². The summed E-state index contributed by atoms with van der Waals surface area (Å²) < 4.78 is 5.19. The number of hydrogen-bond acceptors (Lipinski definition) is 3. The number of carbonyl (C=O) groups excluding carboxylic acids is 2. The van der Waals surface area contributed by atoms with Crippen molar-refractivity contribution < 1.29 is 14.3 Å². The van der Waals surface area contributed by atoms with Gasteiger partial charge in [0.25, 0.3) is 5.91 Å². The molecule has 0 saturated carbocycles. The van der Waals surface area contributed by atoms with E-state index >= 15 is 0 Å². The molecule has 0 saturated heterocycles. The highest BCUT2D eigenvalue weighted by Crippen LogP contribution is 2.24. The number of carbonyl (C=O) groups is 2. The van der Waals surface area contributed by atoms with Gasteiger partial charge in [-0.3, -0.25) is 9.59 Å². The molecule has 0 bridgehead atoms. The van der Waals surface area contributed by atoms with Crippen LogP contribution in [0.3, 0.4) is 0 Å². The maximum absolute atomic E-state index is 12.3. The molecule has 0 aliphatic carbocycles. The molecule has 0 fully saturated rings. The van der Waals surface area contributed by atoms with Gasteiger partial charge in [-0.15, -0.1) is 0 Å². The molecule has 4 heteroatoms. The van der Waals surface area contributed by atoms with Gasteiger partial charge in [0, 0.05) is 5.69 Å². The molecular formula is C20H23NO3. The van der Waals surface area contributed by atoms with Crippen LogP contribution in [0.5, 0.6) is 0 Å². The number of rotatable bonds is 6. The van der Waals surface area contributed by atoms with Crippen molar-refractivity contribution in [1.82, 2.24) is 0 Å². The summed E-state index contributed by atoms with van der Waals surface area (Å²) in [4.78, 5) is 24.2. The molecule has 2 rings (SSSR count). The summed E-state index contributed by atoms with van der Waals surface area (Å²) in [6.07, 6.45) is 0.945. The van der Waals surface area contributed by atoms with E-state index < -0.39 is 11.4 Å². The van der Waals surface area contributed by atoms with E-state index in [1.165, 1.54) is 5.56 Å². The van der Waals surface area contributed by atoms with E-state index in [2.05, 4.69) is 12.2 Å². The lowest BCUT2D eigenvalue weighted by atomic mass is 9.85. The van der Waals surface area contributed by atoms with Crippen molar-refractivity contribution in [3.63, 3.8) is 0 Å². The Bertz CT molecular complexity index is 691. The topological polar surface area (TPSA) is 55.4 Å². The highest BCUT2D eigenvalue weighted by molar-refractivity contribution is 5.93. The molecule has 2 aromatic rings. The highest BCUT2D eigenvalue weighted by Gasteiger charge is 2.31. The molecule has 126 valence electrons. The zero-order chi connectivity index (χ0) is 17.6. The number of amides is 1. The largest absolute Gasteiger partial charge is 0.455 e. The first kappa shape index (κ1) is 17.7. The van der Waals surface area contributed by atoms with Crippen molar-refractivity contribution in [2.45, 2.75) is 32.6 Å². The Morgan fingerprint density at radius 1 is 1.00 bits per heavy atom. The van der Waals surface area contributed by atoms with Gasteiger partial charge in [-0.25, -0.2) is 0 Å². The van der Waals surface area contributed by atoms with Crippen LogP contribution in [-0.4, -0.2) is 18.5 Å². The Labute approximate surface area is 142 Å². The van der Waals surface area contributed by atoms with Crippen LogP contribution in [0.1, 0.15) is 31.9 Å². The number of esters is 1. The number of ether oxygens (including phenoxy) is 1. The lowest BCUT2D eigenvalue weighted by Crippen LogP contribution is -2.33. The summed E-state index contributed by atoms with van der Waals surface area (Å²) in [5, 5.41) is 2.72. The predicted octanol–water partition coefficient (Wildman–Crippen LogP) is 3.71. The van der Waals surface area contributed by atoms with E-state index in [4.69, 9.17) is 4.74 Å². The molecule has 2 aromatic carbocycles. The lowest BCUT2D eigenvalue weighted by molar-refractivity contribution is -0.152. The highest BCUT2D eigenvalue weighted by atomic mass is 16.5. The molecule has 0 heterocycles. The van der Waals surface area contributed by atoms with Crippen molar-refractivity contribution >= 4 is 17.6 Å². The summed E-state index contributed by atoms with van der Waals surface area (Å²) in [5.74, 6) is -0.776. The average molecular weight is 325 g/mol. The first-order valence-corrected chi connectivity index (χ1v) is 8.05. The molecule has 1 amide bonds. The van der Waals surface area contributed by atoms with Crippen LogP contribution in [-0.2, 0) is 26.2 Å². The SMILES string of the molecule is CCc1ccc(NC(=O)COC(=O)C(C)(C)c2ccccc2)cc1. The summed E-state index contributed by atoms with van der Waals surface area (Å²) in [6.45, 7) is 5.34. The van der Waals surface area contributed by atoms with Gasteiger partial charge in [-0.05, 0) is 43.5 Å².